The standard InChI is InChI=1S/C12H13NO4/c1-16-10-4-2-3-8-7-9(17-11(8)10)5-6-13-12(14)15/h2-4,7,13H,5-6H2,1H3,(H,14,15). The first-order chi connectivity index (χ1) is 8.20. The summed E-state index contributed by atoms with van der Waals surface area (Å²) in [6, 6.07) is 7.53. The molecule has 0 atom stereocenters. The Labute approximate surface area is 98.0 Å². The molecule has 0 radical (unpaired) electrons. The molecular formula is C12H13NO4. The molecule has 2 rings (SSSR count). The lowest BCUT2D eigenvalue weighted by Crippen LogP contribution is -2.23. The summed E-state index contributed by atoms with van der Waals surface area (Å²) in [7, 11) is 1.59. The number of methoxy groups -OCH3 is 1. The Kier molecular flexibility index (Phi) is 3.18. The number of ether oxygens (including phenoxy) is 1. The number of fused-ring (bicyclic) bond motifs is 1. The van der Waals surface area contributed by atoms with Gasteiger partial charge in [0.1, 0.15) is 5.76 Å². The van der Waals surface area contributed by atoms with E-state index in [1.807, 2.05) is 24.3 Å². The highest BCUT2D eigenvalue weighted by atomic mass is 16.5. The van der Waals surface area contributed by atoms with Crippen LogP contribution in [0.4, 0.5) is 4.79 Å². The highest BCUT2D eigenvalue weighted by molar-refractivity contribution is 5.83. The van der Waals surface area contributed by atoms with Gasteiger partial charge in [-0.15, -0.1) is 0 Å². The summed E-state index contributed by atoms with van der Waals surface area (Å²) in [5, 5.41) is 11.7. The van der Waals surface area contributed by atoms with E-state index in [9.17, 15) is 4.79 Å². The van der Waals surface area contributed by atoms with Crippen LogP contribution in [0.15, 0.2) is 28.7 Å². The molecule has 17 heavy (non-hydrogen) atoms. The molecule has 2 aromatic rings. The third-order valence-electron chi connectivity index (χ3n) is 2.43. The van der Waals surface area contributed by atoms with E-state index < -0.39 is 6.09 Å². The van der Waals surface area contributed by atoms with Crippen LogP contribution < -0.4 is 10.1 Å². The lowest BCUT2D eigenvalue weighted by Gasteiger charge is -1.99. The number of nitrogens with one attached hydrogen (secondary N) is 1. The number of carboxylic acid groups (broad SMARTS) is 1. The van der Waals surface area contributed by atoms with Gasteiger partial charge in [0.15, 0.2) is 11.3 Å². The van der Waals surface area contributed by atoms with Crippen LogP contribution in [0.2, 0.25) is 0 Å². The molecule has 0 saturated heterocycles. The van der Waals surface area contributed by atoms with Crippen LogP contribution in [0, 0.1) is 0 Å². The second-order valence-electron chi connectivity index (χ2n) is 3.57. The number of hydrogen-bond donors (Lipinski definition) is 2. The molecule has 2 N–H and O–H groups in total. The highest BCUT2D eigenvalue weighted by Gasteiger charge is 2.08. The maximum Gasteiger partial charge on any atom is 0.404 e. The van der Waals surface area contributed by atoms with Crippen LogP contribution >= 0.6 is 0 Å². The van der Waals surface area contributed by atoms with Gasteiger partial charge >= 0.3 is 6.09 Å². The molecule has 1 aromatic heterocycles. The van der Waals surface area contributed by atoms with Crippen molar-refractivity contribution in [2.45, 2.75) is 6.42 Å². The van der Waals surface area contributed by atoms with Crippen LogP contribution in [-0.2, 0) is 6.42 Å². The lowest BCUT2D eigenvalue weighted by atomic mass is 10.2. The molecule has 0 bridgehead atoms. The van der Waals surface area contributed by atoms with E-state index >= 15 is 0 Å². The Bertz CT molecular complexity index is 532. The largest absolute Gasteiger partial charge is 0.493 e. The normalized spacial score (nSPS) is 10.4. The van der Waals surface area contributed by atoms with Crippen LogP contribution in [0.5, 0.6) is 5.75 Å². The molecule has 1 heterocycles. The van der Waals surface area contributed by atoms with Crippen LogP contribution in [-0.4, -0.2) is 24.9 Å². The molecule has 0 spiro atoms. The topological polar surface area (TPSA) is 71.7 Å². The molecule has 0 aliphatic carbocycles. The van der Waals surface area contributed by atoms with Crippen molar-refractivity contribution in [1.29, 1.82) is 0 Å². The zero-order valence-corrected chi connectivity index (χ0v) is 9.40. The average Bonchev–Trinajstić information content (AvgIpc) is 2.70. The minimum absolute atomic E-state index is 0.331. The Hall–Kier alpha value is -2.17. The third kappa shape index (κ3) is 2.50. The summed E-state index contributed by atoms with van der Waals surface area (Å²) in [5.41, 5.74) is 0.695. The fourth-order valence-electron chi connectivity index (χ4n) is 1.67. The first-order valence-electron chi connectivity index (χ1n) is 5.23. The van der Waals surface area contributed by atoms with Gasteiger partial charge < -0.3 is 19.6 Å². The summed E-state index contributed by atoms with van der Waals surface area (Å²) in [5.74, 6) is 1.41. The van der Waals surface area contributed by atoms with E-state index in [0.29, 0.717) is 24.3 Å². The number of rotatable bonds is 4. The molecule has 0 aliphatic heterocycles. The fourth-order valence-corrected chi connectivity index (χ4v) is 1.67. The van der Waals surface area contributed by atoms with Crippen LogP contribution in [0.25, 0.3) is 11.0 Å². The van der Waals surface area contributed by atoms with Gasteiger partial charge in [-0.2, -0.15) is 0 Å². The van der Waals surface area contributed by atoms with Crippen molar-refractivity contribution in [3.8, 4) is 5.75 Å². The van der Waals surface area contributed by atoms with Gasteiger partial charge in [-0.05, 0) is 12.1 Å². The van der Waals surface area contributed by atoms with Gasteiger partial charge in [0.05, 0.1) is 7.11 Å². The molecule has 0 unspecified atom stereocenters. The van der Waals surface area contributed by atoms with Crippen molar-refractivity contribution in [1.82, 2.24) is 5.32 Å². The molecular weight excluding hydrogens is 222 g/mol. The second kappa shape index (κ2) is 4.78. The zero-order chi connectivity index (χ0) is 12.3. The molecule has 90 valence electrons. The number of hydrogen-bond acceptors (Lipinski definition) is 3. The summed E-state index contributed by atoms with van der Waals surface area (Å²) in [4.78, 5) is 10.3. The number of amides is 1. The SMILES string of the molecule is COc1cccc2cc(CCNC(=O)O)oc12. The van der Waals surface area contributed by atoms with Gasteiger partial charge in [-0.3, -0.25) is 0 Å². The Morgan fingerprint density at radius 2 is 2.35 bits per heavy atom. The first-order valence-corrected chi connectivity index (χ1v) is 5.23. The number of benzene rings is 1. The monoisotopic (exact) mass is 235 g/mol. The van der Waals surface area contributed by atoms with Gasteiger partial charge in [0.2, 0.25) is 0 Å². The number of furan rings is 1. The zero-order valence-electron chi connectivity index (χ0n) is 9.40. The van der Waals surface area contributed by atoms with Crippen LogP contribution in [0.1, 0.15) is 5.76 Å². The van der Waals surface area contributed by atoms with Crippen molar-refractivity contribution >= 4 is 17.1 Å². The Balaban J connectivity index is 2.17. The maximum atomic E-state index is 10.3. The van der Waals surface area contributed by atoms with Crippen molar-refractivity contribution in [3.05, 3.63) is 30.0 Å². The summed E-state index contributed by atoms with van der Waals surface area (Å²) in [6.07, 6.45) is -0.511. The van der Waals surface area contributed by atoms with Crippen molar-refractivity contribution in [2.75, 3.05) is 13.7 Å². The maximum absolute atomic E-state index is 10.3. The quantitative estimate of drug-likeness (QED) is 0.852. The third-order valence-corrected chi connectivity index (χ3v) is 2.43. The van der Waals surface area contributed by atoms with Crippen molar-refractivity contribution in [2.24, 2.45) is 0 Å². The molecule has 5 nitrogen and oxygen atoms in total. The smallest absolute Gasteiger partial charge is 0.404 e. The second-order valence-corrected chi connectivity index (χ2v) is 3.57. The summed E-state index contributed by atoms with van der Waals surface area (Å²) < 4.78 is 10.8. The Morgan fingerprint density at radius 3 is 3.06 bits per heavy atom. The minimum atomic E-state index is -1.03. The van der Waals surface area contributed by atoms with Gasteiger partial charge in [-0.1, -0.05) is 12.1 Å². The molecule has 0 aliphatic rings. The number of para-hydroxylation sites is 1. The average molecular weight is 235 g/mol. The summed E-state index contributed by atoms with van der Waals surface area (Å²) in [6.45, 7) is 0.331. The van der Waals surface area contributed by atoms with E-state index in [4.69, 9.17) is 14.3 Å². The van der Waals surface area contributed by atoms with E-state index in [1.165, 1.54) is 0 Å². The Morgan fingerprint density at radius 1 is 1.53 bits per heavy atom. The van der Waals surface area contributed by atoms with E-state index in [2.05, 4.69) is 5.32 Å². The van der Waals surface area contributed by atoms with E-state index in [-0.39, 0.29) is 0 Å². The first kappa shape index (κ1) is 11.3. The highest BCUT2D eigenvalue weighted by Crippen LogP contribution is 2.28. The van der Waals surface area contributed by atoms with Crippen LogP contribution in [0.3, 0.4) is 0 Å². The lowest BCUT2D eigenvalue weighted by molar-refractivity contribution is 0.194. The predicted octanol–water partition coefficient (Wildman–Crippen LogP) is 2.25. The minimum Gasteiger partial charge on any atom is -0.493 e. The molecule has 0 saturated carbocycles. The molecule has 0 fully saturated rings. The molecule has 1 amide bonds. The predicted molar refractivity (Wildman–Crippen MR) is 62.5 cm³/mol. The van der Waals surface area contributed by atoms with Gasteiger partial charge in [-0.25, -0.2) is 4.79 Å². The number of carbonyl (C=O) groups is 1. The van der Waals surface area contributed by atoms with Crippen molar-refractivity contribution < 1.29 is 19.1 Å². The van der Waals surface area contributed by atoms with E-state index in [0.717, 1.165) is 11.1 Å². The summed E-state index contributed by atoms with van der Waals surface area (Å²) >= 11 is 0. The van der Waals surface area contributed by atoms with Gasteiger partial charge in [0, 0.05) is 18.4 Å². The van der Waals surface area contributed by atoms with Gasteiger partial charge in [0.25, 0.3) is 0 Å². The fraction of sp³-hybridized carbons (Fsp3) is 0.250. The van der Waals surface area contributed by atoms with E-state index in [1.54, 1.807) is 7.11 Å². The molecule has 5 heteroatoms. The molecule has 1 aromatic carbocycles. The van der Waals surface area contributed by atoms with Crippen molar-refractivity contribution in [3.63, 3.8) is 0 Å².